The molecule has 0 bridgehead atoms. The van der Waals surface area contributed by atoms with Gasteiger partial charge in [0, 0.05) is 0 Å². The van der Waals surface area contributed by atoms with Crippen molar-refractivity contribution in [3.63, 3.8) is 0 Å². The van der Waals surface area contributed by atoms with Crippen molar-refractivity contribution in [1.29, 1.82) is 0 Å². The molecule has 0 rings (SSSR count). The molecule has 0 radical (unpaired) electrons. The molecule has 2 atom stereocenters. The molecule has 0 fully saturated rings. The predicted octanol–water partition coefficient (Wildman–Crippen LogP) is -0.611. The molecule has 0 heterocycles. The Hall–Kier alpha value is -1.16. The molecule has 3 N–H and O–H groups in total. The second-order valence-corrected chi connectivity index (χ2v) is 4.37. The van der Waals surface area contributed by atoms with Gasteiger partial charge in [0.15, 0.2) is 12.2 Å². The van der Waals surface area contributed by atoms with E-state index in [0.717, 1.165) is 12.8 Å². The summed E-state index contributed by atoms with van der Waals surface area (Å²) in [5.41, 5.74) is 0. The summed E-state index contributed by atoms with van der Waals surface area (Å²) in [6.45, 7) is 3.95. The van der Waals surface area contributed by atoms with Crippen LogP contribution in [0.25, 0.3) is 0 Å². The summed E-state index contributed by atoms with van der Waals surface area (Å²) in [6.07, 6.45) is -1.07. The number of carbonyl (C=O) groups is 2. The Bertz CT molecular complexity index is 310. The zero-order chi connectivity index (χ0) is 16.3. The van der Waals surface area contributed by atoms with E-state index in [2.05, 4.69) is 4.65 Å². The maximum atomic E-state index is 11.7. The first kappa shape index (κ1) is 19.8. The summed E-state index contributed by atoms with van der Waals surface area (Å²) in [7, 11) is -2.33. The number of ether oxygens (including phenoxy) is 2. The summed E-state index contributed by atoms with van der Waals surface area (Å²) in [6, 6.07) is 0. The molecule has 0 aromatic rings. The molecule has 0 saturated heterocycles. The molecule has 0 spiro atoms. The van der Waals surface area contributed by atoms with Crippen LogP contribution in [0.5, 0.6) is 0 Å². The molecule has 0 aliphatic carbocycles. The van der Waals surface area contributed by atoms with Crippen molar-refractivity contribution >= 4 is 19.3 Å². The van der Waals surface area contributed by atoms with Crippen LogP contribution in [-0.2, 0) is 23.7 Å². The summed E-state index contributed by atoms with van der Waals surface area (Å²) >= 11 is 0. The number of carbonyl (C=O) groups excluding carboxylic acids is 2. The molecule has 21 heavy (non-hydrogen) atoms. The third-order valence-electron chi connectivity index (χ3n) is 2.51. The van der Waals surface area contributed by atoms with Crippen LogP contribution in [-0.4, -0.2) is 59.8 Å². The lowest BCUT2D eigenvalue weighted by atomic mass is 10.1. The monoisotopic (exact) mass is 306 g/mol. The van der Waals surface area contributed by atoms with Crippen LogP contribution < -0.4 is 0 Å². The van der Waals surface area contributed by atoms with Crippen LogP contribution in [0.2, 0.25) is 0 Å². The third kappa shape index (κ3) is 8.66. The number of unbranched alkanes of at least 4 members (excludes halogenated alkanes) is 2. The van der Waals surface area contributed by atoms with Crippen molar-refractivity contribution in [3.05, 3.63) is 0 Å². The van der Waals surface area contributed by atoms with Crippen LogP contribution in [0, 0.1) is 0 Å². The van der Waals surface area contributed by atoms with Gasteiger partial charge in [-0.2, -0.15) is 0 Å². The molecule has 0 aliphatic heterocycles. The quantitative estimate of drug-likeness (QED) is 0.262. The van der Waals surface area contributed by atoms with E-state index < -0.39 is 31.5 Å². The smallest absolute Gasteiger partial charge is 0.464 e. The van der Waals surface area contributed by atoms with Crippen molar-refractivity contribution in [3.8, 4) is 0 Å². The average molecular weight is 306 g/mol. The van der Waals surface area contributed by atoms with Gasteiger partial charge < -0.3 is 29.3 Å². The second kappa shape index (κ2) is 11.5. The Labute approximate surface area is 124 Å². The van der Waals surface area contributed by atoms with Crippen LogP contribution in [0.3, 0.4) is 0 Å². The zero-order valence-electron chi connectivity index (χ0n) is 12.4. The van der Waals surface area contributed by atoms with Crippen LogP contribution >= 0.6 is 0 Å². The van der Waals surface area contributed by atoms with E-state index in [1.165, 1.54) is 0 Å². The van der Waals surface area contributed by atoms with Gasteiger partial charge in [-0.3, -0.25) is 0 Å². The lowest BCUT2D eigenvalue weighted by Gasteiger charge is -2.20. The minimum atomic E-state index is -2.33. The molecule has 0 aliphatic rings. The van der Waals surface area contributed by atoms with Gasteiger partial charge in [0.1, 0.15) is 0 Å². The number of aliphatic hydroxyl groups excluding tert-OH is 1. The first-order chi connectivity index (χ1) is 9.93. The highest BCUT2D eigenvalue weighted by molar-refractivity contribution is 6.33. The predicted molar refractivity (Wildman–Crippen MR) is 72.8 cm³/mol. The Morgan fingerprint density at radius 3 is 1.90 bits per heavy atom. The van der Waals surface area contributed by atoms with Crippen molar-refractivity contribution < 1.29 is 38.9 Å². The second-order valence-electron chi connectivity index (χ2n) is 4.37. The highest BCUT2D eigenvalue weighted by Crippen LogP contribution is 2.07. The molecule has 0 unspecified atom stereocenters. The van der Waals surface area contributed by atoms with E-state index in [1.54, 1.807) is 0 Å². The van der Waals surface area contributed by atoms with Gasteiger partial charge in [-0.05, 0) is 12.8 Å². The van der Waals surface area contributed by atoms with Gasteiger partial charge in [0.05, 0.1) is 13.2 Å². The Kier molecular flexibility index (Phi) is 10.9. The SMILES string of the molecule is CCCCOC(=O)[C@H](O)[C@@H](OB(O)O)C(=O)OCCCC. The highest BCUT2D eigenvalue weighted by Gasteiger charge is 2.38. The fourth-order valence-electron chi connectivity index (χ4n) is 1.32. The fraction of sp³-hybridized carbons (Fsp3) is 0.833. The third-order valence-corrected chi connectivity index (χ3v) is 2.51. The largest absolute Gasteiger partial charge is 0.634 e. The van der Waals surface area contributed by atoms with Crippen molar-refractivity contribution in [2.45, 2.75) is 51.7 Å². The van der Waals surface area contributed by atoms with Crippen LogP contribution in [0.1, 0.15) is 39.5 Å². The molecule has 0 aromatic heterocycles. The molecular weight excluding hydrogens is 283 g/mol. The normalized spacial score (nSPS) is 13.4. The maximum Gasteiger partial charge on any atom is 0.634 e. The molecule has 9 heteroatoms. The fourth-order valence-corrected chi connectivity index (χ4v) is 1.32. The number of hydrogen-bond acceptors (Lipinski definition) is 8. The van der Waals surface area contributed by atoms with E-state index in [1.807, 2.05) is 13.8 Å². The van der Waals surface area contributed by atoms with E-state index >= 15 is 0 Å². The summed E-state index contributed by atoms with van der Waals surface area (Å²) in [4.78, 5) is 23.2. The maximum absolute atomic E-state index is 11.7. The van der Waals surface area contributed by atoms with Gasteiger partial charge in [-0.25, -0.2) is 9.59 Å². The average Bonchev–Trinajstić information content (AvgIpc) is 2.44. The number of hydrogen-bond donors (Lipinski definition) is 3. The molecule has 0 amide bonds. The molecule has 0 aromatic carbocycles. The van der Waals surface area contributed by atoms with E-state index in [0.29, 0.717) is 12.8 Å². The summed E-state index contributed by atoms with van der Waals surface area (Å²) in [5, 5.41) is 27.2. The van der Waals surface area contributed by atoms with Crippen molar-refractivity contribution in [1.82, 2.24) is 0 Å². The van der Waals surface area contributed by atoms with E-state index in [4.69, 9.17) is 19.5 Å². The summed E-state index contributed by atoms with van der Waals surface area (Å²) in [5.74, 6) is -2.14. The number of esters is 2. The minimum Gasteiger partial charge on any atom is -0.464 e. The summed E-state index contributed by atoms with van der Waals surface area (Å²) < 4.78 is 13.9. The van der Waals surface area contributed by atoms with Gasteiger partial charge in [0.2, 0.25) is 0 Å². The lowest BCUT2D eigenvalue weighted by Crippen LogP contribution is -2.46. The van der Waals surface area contributed by atoms with Crippen molar-refractivity contribution in [2.75, 3.05) is 13.2 Å². The first-order valence-corrected chi connectivity index (χ1v) is 6.96. The van der Waals surface area contributed by atoms with E-state index in [-0.39, 0.29) is 13.2 Å². The van der Waals surface area contributed by atoms with Gasteiger partial charge in [-0.15, -0.1) is 0 Å². The Morgan fingerprint density at radius 2 is 1.48 bits per heavy atom. The minimum absolute atomic E-state index is 0.0777. The number of rotatable bonds is 11. The zero-order valence-corrected chi connectivity index (χ0v) is 12.4. The molecular formula is C12H23BO8. The molecule has 122 valence electrons. The van der Waals surface area contributed by atoms with Gasteiger partial charge >= 0.3 is 19.3 Å². The molecule has 0 saturated carbocycles. The number of aliphatic hydroxyl groups is 1. The van der Waals surface area contributed by atoms with Crippen molar-refractivity contribution in [2.24, 2.45) is 0 Å². The molecule has 8 nitrogen and oxygen atoms in total. The first-order valence-electron chi connectivity index (χ1n) is 6.96. The Morgan fingerprint density at radius 1 is 1.00 bits per heavy atom. The van der Waals surface area contributed by atoms with Gasteiger partial charge in [0.25, 0.3) is 0 Å². The standard InChI is InChI=1S/C12H23BO8/c1-3-5-7-19-11(15)9(14)10(21-13(17)18)12(16)20-8-6-4-2/h9-10,14,17-18H,3-8H2,1-2H3/t9-,10-/m1/s1. The topological polar surface area (TPSA) is 123 Å². The Balaban J connectivity index is 4.56. The highest BCUT2D eigenvalue weighted by atomic mass is 16.7. The van der Waals surface area contributed by atoms with Crippen LogP contribution in [0.15, 0.2) is 0 Å². The van der Waals surface area contributed by atoms with Crippen LogP contribution in [0.4, 0.5) is 0 Å². The lowest BCUT2D eigenvalue weighted by molar-refractivity contribution is -0.173. The van der Waals surface area contributed by atoms with Gasteiger partial charge in [-0.1, -0.05) is 26.7 Å². The van der Waals surface area contributed by atoms with E-state index in [9.17, 15) is 14.7 Å².